The molecular weight excluding hydrogens is 324 g/mol. The molecule has 25 heavy (non-hydrogen) atoms. The number of ketones is 2. The Bertz CT molecular complexity index is 695. The molecule has 1 aromatic carbocycles. The molecule has 0 aliphatic carbocycles. The van der Waals surface area contributed by atoms with Crippen LogP contribution in [0.1, 0.15) is 46.1 Å². The van der Waals surface area contributed by atoms with Gasteiger partial charge >= 0.3 is 0 Å². The fourth-order valence-corrected chi connectivity index (χ4v) is 2.11. The largest absolute Gasteiger partial charge is 0.489 e. The van der Waals surface area contributed by atoms with Crippen molar-refractivity contribution in [2.45, 2.75) is 53.6 Å². The van der Waals surface area contributed by atoms with Gasteiger partial charge in [0.15, 0.2) is 0 Å². The first-order valence-electron chi connectivity index (χ1n) is 7.98. The Hall–Kier alpha value is -2.70. The molecule has 1 rings (SSSR count). The summed E-state index contributed by atoms with van der Waals surface area (Å²) in [7, 11) is 0. The first kappa shape index (κ1) is 20.3. The number of nitrogens with one attached hydrogen (secondary N) is 2. The zero-order valence-corrected chi connectivity index (χ0v) is 15.2. The Morgan fingerprint density at radius 3 is 1.84 bits per heavy atom. The van der Waals surface area contributed by atoms with Gasteiger partial charge in [-0.3, -0.25) is 19.2 Å². The average molecular weight is 348 g/mol. The van der Waals surface area contributed by atoms with E-state index in [0.717, 1.165) is 0 Å². The Morgan fingerprint density at radius 1 is 0.920 bits per heavy atom. The van der Waals surface area contributed by atoms with Crippen LogP contribution in [0.15, 0.2) is 12.1 Å². The maximum Gasteiger partial charge on any atom is 0.231 e. The van der Waals surface area contributed by atoms with Crippen molar-refractivity contribution in [1.29, 1.82) is 0 Å². The number of ether oxygens (including phenoxy) is 1. The zero-order valence-electron chi connectivity index (χ0n) is 15.2. The van der Waals surface area contributed by atoms with E-state index in [9.17, 15) is 19.2 Å². The van der Waals surface area contributed by atoms with E-state index >= 15 is 0 Å². The van der Waals surface area contributed by atoms with Crippen molar-refractivity contribution in [2.24, 2.45) is 0 Å². The van der Waals surface area contributed by atoms with Crippen molar-refractivity contribution in [1.82, 2.24) is 0 Å². The van der Waals surface area contributed by atoms with E-state index in [2.05, 4.69) is 10.6 Å². The van der Waals surface area contributed by atoms with Gasteiger partial charge in [0, 0.05) is 11.8 Å². The third-order valence-electron chi connectivity index (χ3n) is 3.06. The first-order valence-corrected chi connectivity index (χ1v) is 7.98. The third kappa shape index (κ3) is 7.15. The summed E-state index contributed by atoms with van der Waals surface area (Å²) in [4.78, 5) is 45.8. The van der Waals surface area contributed by atoms with Gasteiger partial charge in [-0.15, -0.1) is 0 Å². The summed E-state index contributed by atoms with van der Waals surface area (Å²) >= 11 is 0. The lowest BCUT2D eigenvalue weighted by molar-refractivity contribution is -0.125. The third-order valence-corrected chi connectivity index (χ3v) is 3.06. The smallest absolute Gasteiger partial charge is 0.231 e. The molecule has 0 fully saturated rings. The molecule has 0 bridgehead atoms. The Kier molecular flexibility index (Phi) is 7.29. The second-order valence-corrected chi connectivity index (χ2v) is 6.18. The molecule has 2 N–H and O–H groups in total. The lowest BCUT2D eigenvalue weighted by Gasteiger charge is -2.18. The van der Waals surface area contributed by atoms with E-state index < -0.39 is 11.8 Å². The standard InChI is InChI=1S/C18H24N2O5/c1-10(2)25-16-9-14(19-17(23)7-12(4)21)11(3)6-15(16)20-18(24)8-13(5)22/h6,9-10H,7-8H2,1-5H3,(H,19,23)(H,20,24). The normalized spacial score (nSPS) is 10.3. The van der Waals surface area contributed by atoms with Crippen molar-refractivity contribution in [2.75, 3.05) is 10.6 Å². The molecule has 0 heterocycles. The average Bonchev–Trinajstić information content (AvgIpc) is 2.41. The molecule has 0 aromatic heterocycles. The summed E-state index contributed by atoms with van der Waals surface area (Å²) < 4.78 is 5.69. The van der Waals surface area contributed by atoms with Crippen LogP contribution in [0.3, 0.4) is 0 Å². The highest BCUT2D eigenvalue weighted by Gasteiger charge is 2.15. The van der Waals surface area contributed by atoms with Crippen molar-refractivity contribution in [3.8, 4) is 5.75 Å². The van der Waals surface area contributed by atoms with Crippen LogP contribution in [0.4, 0.5) is 11.4 Å². The monoisotopic (exact) mass is 348 g/mol. The highest BCUT2D eigenvalue weighted by Crippen LogP contribution is 2.32. The maximum atomic E-state index is 11.9. The van der Waals surface area contributed by atoms with E-state index in [1.165, 1.54) is 13.8 Å². The van der Waals surface area contributed by atoms with Crippen LogP contribution >= 0.6 is 0 Å². The Balaban J connectivity index is 3.10. The molecule has 0 saturated heterocycles. The van der Waals surface area contributed by atoms with E-state index in [0.29, 0.717) is 22.7 Å². The number of rotatable bonds is 8. The number of carbonyl (C=O) groups is 4. The molecule has 0 spiro atoms. The minimum Gasteiger partial charge on any atom is -0.489 e. The molecular formula is C18H24N2O5. The van der Waals surface area contributed by atoms with Gasteiger partial charge in [0.1, 0.15) is 17.3 Å². The van der Waals surface area contributed by atoms with E-state index in [1.54, 1.807) is 19.1 Å². The summed E-state index contributed by atoms with van der Waals surface area (Å²) in [6.07, 6.45) is -0.597. The number of hydrogen-bond donors (Lipinski definition) is 2. The van der Waals surface area contributed by atoms with Crippen molar-refractivity contribution >= 4 is 34.8 Å². The quantitative estimate of drug-likeness (QED) is 0.703. The molecule has 1 aromatic rings. The minimum atomic E-state index is -0.436. The van der Waals surface area contributed by atoms with Crippen LogP contribution in [0.5, 0.6) is 5.75 Å². The zero-order chi connectivity index (χ0) is 19.1. The van der Waals surface area contributed by atoms with Crippen LogP contribution in [0, 0.1) is 6.92 Å². The van der Waals surface area contributed by atoms with Gasteiger partial charge in [0.05, 0.1) is 24.6 Å². The SMILES string of the molecule is CC(=O)CC(=O)Nc1cc(OC(C)C)c(NC(=O)CC(C)=O)cc1C. The number of aryl methyl sites for hydroxylation is 1. The fourth-order valence-electron chi connectivity index (χ4n) is 2.11. The summed E-state index contributed by atoms with van der Waals surface area (Å²) in [6, 6.07) is 3.25. The van der Waals surface area contributed by atoms with Crippen LogP contribution in [-0.2, 0) is 19.2 Å². The maximum absolute atomic E-state index is 11.9. The summed E-state index contributed by atoms with van der Waals surface area (Å²) in [5.74, 6) is -0.959. The second-order valence-electron chi connectivity index (χ2n) is 6.18. The number of hydrogen-bond acceptors (Lipinski definition) is 5. The lowest BCUT2D eigenvalue weighted by atomic mass is 10.1. The Labute approximate surface area is 147 Å². The molecule has 0 aliphatic rings. The molecule has 0 saturated carbocycles. The Morgan fingerprint density at radius 2 is 1.40 bits per heavy atom. The van der Waals surface area contributed by atoms with Gasteiger partial charge in [-0.05, 0) is 46.2 Å². The number of benzene rings is 1. The van der Waals surface area contributed by atoms with Gasteiger partial charge in [-0.1, -0.05) is 0 Å². The van der Waals surface area contributed by atoms with Gasteiger partial charge in [-0.2, -0.15) is 0 Å². The first-order chi connectivity index (χ1) is 11.6. The van der Waals surface area contributed by atoms with E-state index in [1.807, 2.05) is 13.8 Å². The van der Waals surface area contributed by atoms with Crippen LogP contribution in [-0.4, -0.2) is 29.5 Å². The summed E-state index contributed by atoms with van der Waals surface area (Å²) in [5, 5.41) is 5.31. The molecule has 136 valence electrons. The van der Waals surface area contributed by atoms with Gasteiger partial charge < -0.3 is 15.4 Å². The predicted octanol–water partition coefficient (Wildman–Crippen LogP) is 2.62. The second kappa shape index (κ2) is 8.96. The molecule has 0 atom stereocenters. The van der Waals surface area contributed by atoms with Crippen molar-refractivity contribution in [3.63, 3.8) is 0 Å². The van der Waals surface area contributed by atoms with Crippen molar-refractivity contribution in [3.05, 3.63) is 17.7 Å². The molecule has 2 amide bonds. The topological polar surface area (TPSA) is 102 Å². The number of Topliss-reactive ketones (excluding diaryl/α,β-unsaturated/α-hetero) is 2. The number of anilines is 2. The molecule has 0 aliphatic heterocycles. The molecule has 0 unspecified atom stereocenters. The highest BCUT2D eigenvalue weighted by molar-refractivity contribution is 6.05. The summed E-state index contributed by atoms with van der Waals surface area (Å²) in [6.45, 7) is 8.09. The number of carbonyl (C=O) groups excluding carboxylic acids is 4. The van der Waals surface area contributed by atoms with Crippen LogP contribution in [0.25, 0.3) is 0 Å². The molecule has 7 nitrogen and oxygen atoms in total. The number of amides is 2. The fraction of sp³-hybridized carbons (Fsp3) is 0.444. The minimum absolute atomic E-state index is 0.160. The van der Waals surface area contributed by atoms with E-state index in [4.69, 9.17) is 4.74 Å². The van der Waals surface area contributed by atoms with Gasteiger partial charge in [0.2, 0.25) is 11.8 Å². The highest BCUT2D eigenvalue weighted by atomic mass is 16.5. The van der Waals surface area contributed by atoms with Crippen molar-refractivity contribution < 1.29 is 23.9 Å². The predicted molar refractivity (Wildman–Crippen MR) is 94.8 cm³/mol. The van der Waals surface area contributed by atoms with Gasteiger partial charge in [0.25, 0.3) is 0 Å². The van der Waals surface area contributed by atoms with E-state index in [-0.39, 0.29) is 30.5 Å². The summed E-state index contributed by atoms with van der Waals surface area (Å²) in [5.41, 5.74) is 1.60. The van der Waals surface area contributed by atoms with Crippen LogP contribution in [0.2, 0.25) is 0 Å². The molecule has 0 radical (unpaired) electrons. The van der Waals surface area contributed by atoms with Gasteiger partial charge in [-0.25, -0.2) is 0 Å². The lowest BCUT2D eigenvalue weighted by Crippen LogP contribution is -2.18. The molecule has 7 heteroatoms. The van der Waals surface area contributed by atoms with Crippen LogP contribution < -0.4 is 15.4 Å².